The molecule has 0 radical (unpaired) electrons. The van der Waals surface area contributed by atoms with Crippen LogP contribution in [0.15, 0.2) is 18.2 Å². The minimum Gasteiger partial charge on any atom is -0.495 e. The molecule has 4 heteroatoms. The Morgan fingerprint density at radius 1 is 1.30 bits per heavy atom. The first-order valence-electron chi connectivity index (χ1n) is 7.26. The van der Waals surface area contributed by atoms with Gasteiger partial charge in [-0.25, -0.2) is 0 Å². The molecule has 2 rings (SSSR count). The Hall–Kier alpha value is -1.71. The molecule has 0 spiro atoms. The van der Waals surface area contributed by atoms with Gasteiger partial charge in [0.05, 0.1) is 18.4 Å². The Morgan fingerprint density at radius 3 is 2.70 bits per heavy atom. The standard InChI is InChI=1S/C16H24N2O2/c1-10-7-8-12(9-11(10)2)18-16(19)13-5-4-6-14(20-3)15(13)17/h4-6,10-12H,7-9,17H2,1-3H3,(H,18,19). The van der Waals surface area contributed by atoms with Gasteiger partial charge >= 0.3 is 0 Å². The Kier molecular flexibility index (Phi) is 4.53. The maximum Gasteiger partial charge on any atom is 0.253 e. The van der Waals surface area contributed by atoms with Gasteiger partial charge in [-0.15, -0.1) is 0 Å². The van der Waals surface area contributed by atoms with Crippen molar-refractivity contribution in [3.8, 4) is 5.75 Å². The maximum atomic E-state index is 12.3. The summed E-state index contributed by atoms with van der Waals surface area (Å²) in [6.07, 6.45) is 3.25. The van der Waals surface area contributed by atoms with E-state index in [1.54, 1.807) is 25.3 Å². The summed E-state index contributed by atoms with van der Waals surface area (Å²) in [6.45, 7) is 4.53. The lowest BCUT2D eigenvalue weighted by molar-refractivity contribution is 0.0911. The summed E-state index contributed by atoms with van der Waals surface area (Å²) in [5.74, 6) is 1.83. The van der Waals surface area contributed by atoms with Crippen LogP contribution in [0.4, 0.5) is 5.69 Å². The molecule has 3 unspecified atom stereocenters. The molecular formula is C16H24N2O2. The van der Waals surface area contributed by atoms with Crippen LogP contribution in [0.1, 0.15) is 43.5 Å². The molecule has 20 heavy (non-hydrogen) atoms. The number of benzene rings is 1. The molecule has 1 fully saturated rings. The molecule has 4 nitrogen and oxygen atoms in total. The number of methoxy groups -OCH3 is 1. The maximum absolute atomic E-state index is 12.3. The highest BCUT2D eigenvalue weighted by atomic mass is 16.5. The molecule has 0 saturated heterocycles. The van der Waals surface area contributed by atoms with Crippen LogP contribution in [-0.4, -0.2) is 19.1 Å². The lowest BCUT2D eigenvalue weighted by Gasteiger charge is -2.32. The van der Waals surface area contributed by atoms with Crippen LogP contribution in [0.2, 0.25) is 0 Å². The quantitative estimate of drug-likeness (QED) is 0.834. The Labute approximate surface area is 120 Å². The Balaban J connectivity index is 2.05. The van der Waals surface area contributed by atoms with Gasteiger partial charge < -0.3 is 15.8 Å². The van der Waals surface area contributed by atoms with Gasteiger partial charge in [0.1, 0.15) is 5.75 Å². The third kappa shape index (κ3) is 3.06. The van der Waals surface area contributed by atoms with Crippen molar-refractivity contribution in [2.45, 2.75) is 39.2 Å². The topological polar surface area (TPSA) is 64.3 Å². The molecule has 3 N–H and O–H groups in total. The Morgan fingerprint density at radius 2 is 2.05 bits per heavy atom. The molecule has 110 valence electrons. The van der Waals surface area contributed by atoms with Gasteiger partial charge in [-0.2, -0.15) is 0 Å². The lowest BCUT2D eigenvalue weighted by atomic mass is 9.79. The van der Waals surface area contributed by atoms with Gasteiger partial charge in [-0.3, -0.25) is 4.79 Å². The fraction of sp³-hybridized carbons (Fsp3) is 0.562. The fourth-order valence-corrected chi connectivity index (χ4v) is 2.86. The number of rotatable bonds is 3. The van der Waals surface area contributed by atoms with Crippen molar-refractivity contribution in [1.82, 2.24) is 5.32 Å². The highest BCUT2D eigenvalue weighted by Gasteiger charge is 2.26. The summed E-state index contributed by atoms with van der Waals surface area (Å²) < 4.78 is 5.15. The zero-order chi connectivity index (χ0) is 14.7. The van der Waals surface area contributed by atoms with E-state index in [2.05, 4.69) is 19.2 Å². The molecule has 0 bridgehead atoms. The predicted octanol–water partition coefficient (Wildman–Crippen LogP) is 2.83. The lowest BCUT2D eigenvalue weighted by Crippen LogP contribution is -2.40. The third-order valence-corrected chi connectivity index (χ3v) is 4.46. The molecule has 0 heterocycles. The highest BCUT2D eigenvalue weighted by molar-refractivity contribution is 6.00. The number of para-hydroxylation sites is 1. The fourth-order valence-electron chi connectivity index (χ4n) is 2.86. The van der Waals surface area contributed by atoms with Gasteiger partial charge in [0.25, 0.3) is 5.91 Å². The molecule has 0 aliphatic heterocycles. The molecule has 1 aromatic carbocycles. The summed E-state index contributed by atoms with van der Waals surface area (Å²) in [4.78, 5) is 12.3. The average Bonchev–Trinajstić information content (AvgIpc) is 2.43. The number of ether oxygens (including phenoxy) is 1. The third-order valence-electron chi connectivity index (χ3n) is 4.46. The minimum atomic E-state index is -0.104. The van der Waals surface area contributed by atoms with E-state index < -0.39 is 0 Å². The van der Waals surface area contributed by atoms with E-state index in [1.807, 2.05) is 0 Å². The molecule has 1 amide bonds. The van der Waals surface area contributed by atoms with Crippen molar-refractivity contribution in [3.05, 3.63) is 23.8 Å². The first-order chi connectivity index (χ1) is 9.52. The number of hydrogen-bond donors (Lipinski definition) is 2. The second kappa shape index (κ2) is 6.16. The minimum absolute atomic E-state index is 0.104. The van der Waals surface area contributed by atoms with Crippen molar-refractivity contribution in [3.63, 3.8) is 0 Å². The van der Waals surface area contributed by atoms with Gasteiger partial charge in [0.15, 0.2) is 0 Å². The summed E-state index contributed by atoms with van der Waals surface area (Å²) in [6, 6.07) is 5.54. The molecule has 1 aliphatic rings. The smallest absolute Gasteiger partial charge is 0.253 e. The number of carbonyl (C=O) groups excluding carboxylic acids is 1. The van der Waals surface area contributed by atoms with Crippen molar-refractivity contribution >= 4 is 11.6 Å². The number of nitrogens with two attached hydrogens (primary N) is 1. The van der Waals surface area contributed by atoms with Crippen molar-refractivity contribution in [2.75, 3.05) is 12.8 Å². The number of anilines is 1. The second-order valence-corrected chi connectivity index (χ2v) is 5.86. The highest BCUT2D eigenvalue weighted by Crippen LogP contribution is 2.30. The van der Waals surface area contributed by atoms with Crippen molar-refractivity contribution in [1.29, 1.82) is 0 Å². The van der Waals surface area contributed by atoms with Crippen LogP contribution in [0.3, 0.4) is 0 Å². The zero-order valence-electron chi connectivity index (χ0n) is 12.5. The number of carbonyl (C=O) groups is 1. The first-order valence-corrected chi connectivity index (χ1v) is 7.26. The largest absolute Gasteiger partial charge is 0.495 e. The van der Waals surface area contributed by atoms with Crippen LogP contribution in [0.5, 0.6) is 5.75 Å². The summed E-state index contributed by atoms with van der Waals surface area (Å²) in [5, 5.41) is 3.10. The van der Waals surface area contributed by atoms with Crippen molar-refractivity contribution < 1.29 is 9.53 Å². The van der Waals surface area contributed by atoms with Crippen LogP contribution < -0.4 is 15.8 Å². The molecule has 0 aromatic heterocycles. The van der Waals surface area contributed by atoms with E-state index in [0.29, 0.717) is 22.9 Å². The average molecular weight is 276 g/mol. The van der Waals surface area contributed by atoms with E-state index in [9.17, 15) is 4.79 Å². The van der Waals surface area contributed by atoms with E-state index in [1.165, 1.54) is 6.42 Å². The number of amides is 1. The van der Waals surface area contributed by atoms with E-state index in [-0.39, 0.29) is 11.9 Å². The molecule has 1 saturated carbocycles. The van der Waals surface area contributed by atoms with Gasteiger partial charge in [0.2, 0.25) is 0 Å². The van der Waals surface area contributed by atoms with Crippen LogP contribution >= 0.6 is 0 Å². The van der Waals surface area contributed by atoms with E-state index >= 15 is 0 Å². The van der Waals surface area contributed by atoms with Gasteiger partial charge in [-0.05, 0) is 43.2 Å². The van der Waals surface area contributed by atoms with E-state index in [4.69, 9.17) is 10.5 Å². The number of hydrogen-bond acceptors (Lipinski definition) is 3. The van der Waals surface area contributed by atoms with Crippen molar-refractivity contribution in [2.24, 2.45) is 11.8 Å². The predicted molar refractivity (Wildman–Crippen MR) is 80.8 cm³/mol. The molecule has 1 aliphatic carbocycles. The number of nitrogens with one attached hydrogen (secondary N) is 1. The first kappa shape index (κ1) is 14.7. The summed E-state index contributed by atoms with van der Waals surface area (Å²) >= 11 is 0. The monoisotopic (exact) mass is 276 g/mol. The molecule has 1 aromatic rings. The second-order valence-electron chi connectivity index (χ2n) is 5.86. The number of nitrogen functional groups attached to an aromatic ring is 1. The zero-order valence-corrected chi connectivity index (χ0v) is 12.5. The van der Waals surface area contributed by atoms with Crippen LogP contribution in [0, 0.1) is 11.8 Å². The SMILES string of the molecule is COc1cccc(C(=O)NC2CCC(C)C(C)C2)c1N. The van der Waals surface area contributed by atoms with Crippen LogP contribution in [0.25, 0.3) is 0 Å². The van der Waals surface area contributed by atoms with Gasteiger partial charge in [0, 0.05) is 6.04 Å². The normalized spacial score (nSPS) is 26.1. The summed E-state index contributed by atoms with van der Waals surface area (Å²) in [5.41, 5.74) is 6.87. The van der Waals surface area contributed by atoms with Crippen LogP contribution in [-0.2, 0) is 0 Å². The molecule has 3 atom stereocenters. The van der Waals surface area contributed by atoms with Gasteiger partial charge in [-0.1, -0.05) is 19.9 Å². The summed E-state index contributed by atoms with van der Waals surface area (Å²) in [7, 11) is 1.55. The Bertz CT molecular complexity index is 487. The van der Waals surface area contributed by atoms with E-state index in [0.717, 1.165) is 18.8 Å². The molecular weight excluding hydrogens is 252 g/mol.